The molecular formula is C14H20N2O3S. The number of benzene rings is 1. The molecule has 0 radical (unpaired) electrons. The molecule has 1 amide bonds. The van der Waals surface area contributed by atoms with Gasteiger partial charge in [-0.1, -0.05) is 18.2 Å². The molecule has 1 aliphatic heterocycles. The van der Waals surface area contributed by atoms with E-state index in [0.29, 0.717) is 4.90 Å². The molecule has 1 heterocycles. The SMILES string of the molecule is CC(C)(C)NC(=O)CNC1CS(=O)(=O)c2ccccc21. The van der Waals surface area contributed by atoms with Crippen molar-refractivity contribution in [2.24, 2.45) is 0 Å². The zero-order valence-electron chi connectivity index (χ0n) is 11.9. The second-order valence-electron chi connectivity index (χ2n) is 6.05. The summed E-state index contributed by atoms with van der Waals surface area (Å²) in [4.78, 5) is 12.1. The number of fused-ring (bicyclic) bond motifs is 1. The van der Waals surface area contributed by atoms with Gasteiger partial charge in [-0.3, -0.25) is 4.79 Å². The molecule has 5 nitrogen and oxygen atoms in total. The van der Waals surface area contributed by atoms with Crippen molar-refractivity contribution in [2.75, 3.05) is 12.3 Å². The summed E-state index contributed by atoms with van der Waals surface area (Å²) in [6, 6.07) is 6.61. The summed E-state index contributed by atoms with van der Waals surface area (Å²) in [5.74, 6) is -0.130. The highest BCUT2D eigenvalue weighted by atomic mass is 32.2. The highest BCUT2D eigenvalue weighted by Gasteiger charge is 2.34. The quantitative estimate of drug-likeness (QED) is 0.873. The largest absolute Gasteiger partial charge is 0.350 e. The van der Waals surface area contributed by atoms with Gasteiger partial charge in [-0.2, -0.15) is 0 Å². The Labute approximate surface area is 119 Å². The lowest BCUT2D eigenvalue weighted by molar-refractivity contribution is -0.121. The van der Waals surface area contributed by atoms with Crippen LogP contribution in [0.25, 0.3) is 0 Å². The topological polar surface area (TPSA) is 75.3 Å². The van der Waals surface area contributed by atoms with Gasteiger partial charge in [0.25, 0.3) is 0 Å². The molecule has 6 heteroatoms. The van der Waals surface area contributed by atoms with E-state index in [1.807, 2.05) is 26.8 Å². The molecule has 0 saturated carbocycles. The lowest BCUT2D eigenvalue weighted by Crippen LogP contribution is -2.45. The van der Waals surface area contributed by atoms with Crippen LogP contribution in [-0.2, 0) is 14.6 Å². The Bertz CT molecular complexity index is 618. The first-order chi connectivity index (χ1) is 9.19. The standard InChI is InChI=1S/C14H20N2O3S/c1-14(2,3)16-13(17)8-15-11-9-20(18,19)12-7-5-4-6-10(11)12/h4-7,11,15H,8-9H2,1-3H3,(H,16,17). The molecule has 1 aromatic carbocycles. The van der Waals surface area contributed by atoms with Crippen LogP contribution >= 0.6 is 0 Å². The van der Waals surface area contributed by atoms with E-state index in [-0.39, 0.29) is 29.8 Å². The third-order valence-corrected chi connectivity index (χ3v) is 4.85. The molecule has 1 atom stereocenters. The Morgan fingerprint density at radius 3 is 2.60 bits per heavy atom. The number of carbonyl (C=O) groups is 1. The van der Waals surface area contributed by atoms with Crippen molar-refractivity contribution in [1.82, 2.24) is 10.6 Å². The summed E-state index contributed by atoms with van der Waals surface area (Å²) in [6.07, 6.45) is 0. The van der Waals surface area contributed by atoms with Crippen LogP contribution in [0.1, 0.15) is 32.4 Å². The molecule has 110 valence electrons. The summed E-state index contributed by atoms with van der Waals surface area (Å²) in [6.45, 7) is 5.81. The predicted octanol–water partition coefficient (Wildman–Crippen LogP) is 1.02. The number of sulfone groups is 1. The first kappa shape index (κ1) is 15.0. The first-order valence-electron chi connectivity index (χ1n) is 6.55. The molecule has 1 aliphatic rings. The number of rotatable bonds is 3. The fourth-order valence-electron chi connectivity index (χ4n) is 2.30. The minimum atomic E-state index is -3.23. The van der Waals surface area contributed by atoms with Crippen molar-refractivity contribution in [1.29, 1.82) is 0 Å². The molecule has 1 unspecified atom stereocenters. The summed E-state index contributed by atoms with van der Waals surface area (Å²) < 4.78 is 24.0. The van der Waals surface area contributed by atoms with E-state index in [1.165, 1.54) is 0 Å². The maximum atomic E-state index is 12.0. The van der Waals surface area contributed by atoms with E-state index in [0.717, 1.165) is 5.56 Å². The monoisotopic (exact) mass is 296 g/mol. The third kappa shape index (κ3) is 3.37. The van der Waals surface area contributed by atoms with Crippen molar-refractivity contribution >= 4 is 15.7 Å². The zero-order chi connectivity index (χ0) is 15.0. The summed E-state index contributed by atoms with van der Waals surface area (Å²) in [5, 5.41) is 5.86. The lowest BCUT2D eigenvalue weighted by atomic mass is 10.1. The lowest BCUT2D eigenvalue weighted by Gasteiger charge is -2.21. The Hall–Kier alpha value is -1.40. The smallest absolute Gasteiger partial charge is 0.234 e. The maximum Gasteiger partial charge on any atom is 0.234 e. The molecule has 0 fully saturated rings. The molecule has 2 N–H and O–H groups in total. The third-order valence-electron chi connectivity index (χ3n) is 3.04. The maximum absolute atomic E-state index is 12.0. The van der Waals surface area contributed by atoms with Crippen LogP contribution in [0.2, 0.25) is 0 Å². The van der Waals surface area contributed by atoms with Gasteiger partial charge in [0.15, 0.2) is 9.84 Å². The number of hydrogen-bond donors (Lipinski definition) is 2. The molecule has 0 saturated heterocycles. The van der Waals surface area contributed by atoms with E-state index < -0.39 is 9.84 Å². The number of nitrogens with one attached hydrogen (secondary N) is 2. The van der Waals surface area contributed by atoms with Crippen LogP contribution in [0.4, 0.5) is 0 Å². The Morgan fingerprint density at radius 2 is 1.95 bits per heavy atom. The Kier molecular flexibility index (Phi) is 3.88. The zero-order valence-corrected chi connectivity index (χ0v) is 12.8. The summed E-state index contributed by atoms with van der Waals surface area (Å²) in [7, 11) is -3.23. The minimum absolute atomic E-state index is 0.00907. The Balaban J connectivity index is 2.05. The van der Waals surface area contributed by atoms with Crippen LogP contribution < -0.4 is 10.6 Å². The van der Waals surface area contributed by atoms with E-state index in [2.05, 4.69) is 10.6 Å². The second-order valence-corrected chi connectivity index (χ2v) is 8.05. The van der Waals surface area contributed by atoms with Crippen LogP contribution in [-0.4, -0.2) is 32.2 Å². The van der Waals surface area contributed by atoms with Crippen molar-refractivity contribution in [3.63, 3.8) is 0 Å². The predicted molar refractivity (Wildman–Crippen MR) is 77.1 cm³/mol. The fraction of sp³-hybridized carbons (Fsp3) is 0.500. The van der Waals surface area contributed by atoms with Crippen LogP contribution in [0, 0.1) is 0 Å². The van der Waals surface area contributed by atoms with Gasteiger partial charge in [0.2, 0.25) is 5.91 Å². The average Bonchev–Trinajstić information content (AvgIpc) is 2.57. The van der Waals surface area contributed by atoms with E-state index in [4.69, 9.17) is 0 Å². The number of carbonyl (C=O) groups excluding carboxylic acids is 1. The van der Waals surface area contributed by atoms with Crippen molar-refractivity contribution in [3.8, 4) is 0 Å². The van der Waals surface area contributed by atoms with Crippen LogP contribution in [0.3, 0.4) is 0 Å². The highest BCUT2D eigenvalue weighted by Crippen LogP contribution is 2.32. The molecule has 0 aromatic heterocycles. The van der Waals surface area contributed by atoms with Gasteiger partial charge in [0.05, 0.1) is 17.2 Å². The molecule has 2 rings (SSSR count). The van der Waals surface area contributed by atoms with Crippen molar-refractivity contribution < 1.29 is 13.2 Å². The van der Waals surface area contributed by atoms with Gasteiger partial charge < -0.3 is 10.6 Å². The Morgan fingerprint density at radius 1 is 1.30 bits per heavy atom. The van der Waals surface area contributed by atoms with Gasteiger partial charge in [0.1, 0.15) is 0 Å². The first-order valence-corrected chi connectivity index (χ1v) is 8.20. The highest BCUT2D eigenvalue weighted by molar-refractivity contribution is 7.91. The molecule has 0 spiro atoms. The van der Waals surface area contributed by atoms with E-state index >= 15 is 0 Å². The molecule has 20 heavy (non-hydrogen) atoms. The van der Waals surface area contributed by atoms with Crippen molar-refractivity contribution in [2.45, 2.75) is 37.2 Å². The average molecular weight is 296 g/mol. The number of amides is 1. The normalized spacial score (nSPS) is 20.4. The van der Waals surface area contributed by atoms with Gasteiger partial charge in [-0.15, -0.1) is 0 Å². The second kappa shape index (κ2) is 5.18. The van der Waals surface area contributed by atoms with Gasteiger partial charge >= 0.3 is 0 Å². The number of hydrogen-bond acceptors (Lipinski definition) is 4. The van der Waals surface area contributed by atoms with Gasteiger partial charge in [-0.05, 0) is 32.4 Å². The summed E-state index contributed by atoms with van der Waals surface area (Å²) >= 11 is 0. The summed E-state index contributed by atoms with van der Waals surface area (Å²) in [5.41, 5.74) is 0.453. The van der Waals surface area contributed by atoms with Crippen LogP contribution in [0.5, 0.6) is 0 Å². The van der Waals surface area contributed by atoms with E-state index in [9.17, 15) is 13.2 Å². The van der Waals surface area contributed by atoms with Crippen molar-refractivity contribution in [3.05, 3.63) is 29.8 Å². The minimum Gasteiger partial charge on any atom is -0.350 e. The molecular weight excluding hydrogens is 276 g/mol. The van der Waals surface area contributed by atoms with E-state index in [1.54, 1.807) is 18.2 Å². The molecule has 0 bridgehead atoms. The fourth-order valence-corrected chi connectivity index (χ4v) is 4.07. The molecule has 1 aromatic rings. The van der Waals surface area contributed by atoms with Gasteiger partial charge in [-0.25, -0.2) is 8.42 Å². The molecule has 0 aliphatic carbocycles. The van der Waals surface area contributed by atoms with Gasteiger partial charge in [0, 0.05) is 11.6 Å². The van der Waals surface area contributed by atoms with Crippen LogP contribution in [0.15, 0.2) is 29.2 Å².